The van der Waals surface area contributed by atoms with Crippen molar-refractivity contribution in [3.63, 3.8) is 0 Å². The molecular formula is C19H26O3. The fraction of sp³-hybridized carbons (Fsp3) is 0.474. The Morgan fingerprint density at radius 1 is 1.32 bits per heavy atom. The number of rotatable bonds is 6. The summed E-state index contributed by atoms with van der Waals surface area (Å²) in [4.78, 5) is 0. The highest BCUT2D eigenvalue weighted by Crippen LogP contribution is 2.32. The molecule has 1 aromatic rings. The van der Waals surface area contributed by atoms with Crippen LogP contribution in [0.1, 0.15) is 31.7 Å². The molecule has 120 valence electrons. The minimum Gasteiger partial charge on any atom is -0.493 e. The number of ether oxygens (including phenoxy) is 2. The lowest BCUT2D eigenvalue weighted by atomic mass is 9.83. The highest BCUT2D eigenvalue weighted by atomic mass is 16.5. The molecule has 0 heterocycles. The van der Waals surface area contributed by atoms with Gasteiger partial charge in [0, 0.05) is 6.42 Å². The van der Waals surface area contributed by atoms with Crippen molar-refractivity contribution in [3.05, 3.63) is 47.6 Å². The lowest BCUT2D eigenvalue weighted by molar-refractivity contribution is 0.202. The average Bonchev–Trinajstić information content (AvgIpc) is 2.54. The number of aliphatic hydroxyl groups excluding tert-OH is 1. The SMILES string of the molecule is C=C(C)[C@H]1CC=C(C(O)Cc2ccc(OC)c(OC)c2)CC1. The summed E-state index contributed by atoms with van der Waals surface area (Å²) in [6.45, 7) is 6.12. The van der Waals surface area contributed by atoms with Crippen LogP contribution in [0.3, 0.4) is 0 Å². The highest BCUT2D eigenvalue weighted by Gasteiger charge is 2.20. The van der Waals surface area contributed by atoms with Gasteiger partial charge >= 0.3 is 0 Å². The molecule has 2 atom stereocenters. The van der Waals surface area contributed by atoms with E-state index < -0.39 is 6.10 Å². The van der Waals surface area contributed by atoms with Gasteiger partial charge < -0.3 is 14.6 Å². The molecule has 0 saturated carbocycles. The summed E-state index contributed by atoms with van der Waals surface area (Å²) in [5.41, 5.74) is 3.44. The molecule has 1 unspecified atom stereocenters. The van der Waals surface area contributed by atoms with Crippen LogP contribution >= 0.6 is 0 Å². The first-order chi connectivity index (χ1) is 10.5. The molecule has 1 aliphatic carbocycles. The van der Waals surface area contributed by atoms with Crippen LogP contribution in [0, 0.1) is 5.92 Å². The number of hydrogen-bond acceptors (Lipinski definition) is 3. The molecule has 0 amide bonds. The summed E-state index contributed by atoms with van der Waals surface area (Å²) in [6.07, 6.45) is 5.39. The maximum atomic E-state index is 10.5. The summed E-state index contributed by atoms with van der Waals surface area (Å²) in [6, 6.07) is 5.79. The van der Waals surface area contributed by atoms with Gasteiger partial charge in [-0.1, -0.05) is 24.3 Å². The fourth-order valence-corrected chi connectivity index (χ4v) is 2.97. The van der Waals surface area contributed by atoms with Crippen LogP contribution in [0.5, 0.6) is 11.5 Å². The normalized spacial score (nSPS) is 19.3. The van der Waals surface area contributed by atoms with E-state index in [0.717, 1.165) is 30.4 Å². The first-order valence-electron chi connectivity index (χ1n) is 7.78. The second-order valence-electron chi connectivity index (χ2n) is 6.01. The van der Waals surface area contributed by atoms with Crippen molar-refractivity contribution in [1.82, 2.24) is 0 Å². The van der Waals surface area contributed by atoms with E-state index >= 15 is 0 Å². The topological polar surface area (TPSA) is 38.7 Å². The summed E-state index contributed by atoms with van der Waals surface area (Å²) in [7, 11) is 3.25. The zero-order valence-electron chi connectivity index (χ0n) is 13.8. The predicted octanol–water partition coefficient (Wildman–Crippen LogP) is 3.91. The van der Waals surface area contributed by atoms with E-state index in [0.29, 0.717) is 23.8 Å². The van der Waals surface area contributed by atoms with Gasteiger partial charge in [0.1, 0.15) is 0 Å². The van der Waals surface area contributed by atoms with E-state index in [1.165, 1.54) is 5.57 Å². The van der Waals surface area contributed by atoms with E-state index in [1.807, 2.05) is 18.2 Å². The van der Waals surface area contributed by atoms with Crippen molar-refractivity contribution in [2.75, 3.05) is 14.2 Å². The van der Waals surface area contributed by atoms with Crippen LogP contribution < -0.4 is 9.47 Å². The van der Waals surface area contributed by atoms with Gasteiger partial charge in [0.2, 0.25) is 0 Å². The summed E-state index contributed by atoms with van der Waals surface area (Å²) < 4.78 is 10.6. The molecule has 1 aliphatic rings. The Morgan fingerprint density at radius 2 is 2.05 bits per heavy atom. The minimum absolute atomic E-state index is 0.427. The zero-order valence-corrected chi connectivity index (χ0v) is 13.8. The highest BCUT2D eigenvalue weighted by molar-refractivity contribution is 5.43. The average molecular weight is 302 g/mol. The first-order valence-corrected chi connectivity index (χ1v) is 7.78. The molecule has 1 N–H and O–H groups in total. The van der Waals surface area contributed by atoms with Gasteiger partial charge in [0.15, 0.2) is 11.5 Å². The maximum Gasteiger partial charge on any atom is 0.160 e. The Bertz CT molecular complexity index is 560. The van der Waals surface area contributed by atoms with Crippen molar-refractivity contribution >= 4 is 0 Å². The Morgan fingerprint density at radius 3 is 2.59 bits per heavy atom. The van der Waals surface area contributed by atoms with Crippen molar-refractivity contribution in [1.29, 1.82) is 0 Å². The van der Waals surface area contributed by atoms with Crippen LogP contribution in [0.2, 0.25) is 0 Å². The second-order valence-corrected chi connectivity index (χ2v) is 6.01. The van der Waals surface area contributed by atoms with Gasteiger partial charge in [0.25, 0.3) is 0 Å². The van der Waals surface area contributed by atoms with Crippen LogP contribution in [0.25, 0.3) is 0 Å². The van der Waals surface area contributed by atoms with Gasteiger partial charge in [-0.2, -0.15) is 0 Å². The summed E-state index contributed by atoms with van der Waals surface area (Å²) in [5, 5.41) is 10.5. The molecule has 0 fully saturated rings. The number of allylic oxidation sites excluding steroid dienone is 2. The molecular weight excluding hydrogens is 276 g/mol. The van der Waals surface area contributed by atoms with Gasteiger partial charge in [-0.25, -0.2) is 0 Å². The Balaban J connectivity index is 2.03. The molecule has 0 spiro atoms. The molecule has 2 rings (SSSR count). The monoisotopic (exact) mass is 302 g/mol. The van der Waals surface area contributed by atoms with E-state index in [1.54, 1.807) is 14.2 Å². The number of benzene rings is 1. The molecule has 3 nitrogen and oxygen atoms in total. The Kier molecular flexibility index (Phi) is 5.67. The lowest BCUT2D eigenvalue weighted by Crippen LogP contribution is -2.18. The summed E-state index contributed by atoms with van der Waals surface area (Å²) >= 11 is 0. The van der Waals surface area contributed by atoms with E-state index in [9.17, 15) is 5.11 Å². The molecule has 0 bridgehead atoms. The van der Waals surface area contributed by atoms with Crippen molar-refractivity contribution in [2.45, 2.75) is 38.7 Å². The smallest absolute Gasteiger partial charge is 0.160 e. The standard InChI is InChI=1S/C19H26O3/c1-13(2)15-6-8-16(9-7-15)17(20)11-14-5-10-18(21-3)19(12-14)22-4/h5,8,10,12,15,17,20H,1,6-7,9,11H2,2-4H3/t15-,17?/m0/s1. The maximum absolute atomic E-state index is 10.5. The molecule has 0 radical (unpaired) electrons. The third kappa shape index (κ3) is 3.92. The quantitative estimate of drug-likeness (QED) is 0.810. The molecule has 1 aromatic carbocycles. The minimum atomic E-state index is -0.427. The molecule has 22 heavy (non-hydrogen) atoms. The lowest BCUT2D eigenvalue weighted by Gasteiger charge is -2.25. The third-order valence-electron chi connectivity index (χ3n) is 4.45. The van der Waals surface area contributed by atoms with Gasteiger partial charge in [0.05, 0.1) is 20.3 Å². The fourth-order valence-electron chi connectivity index (χ4n) is 2.97. The molecule has 0 aromatic heterocycles. The number of hydrogen-bond donors (Lipinski definition) is 1. The van der Waals surface area contributed by atoms with Crippen LogP contribution in [-0.2, 0) is 6.42 Å². The second kappa shape index (κ2) is 7.50. The van der Waals surface area contributed by atoms with Crippen molar-refractivity contribution in [2.24, 2.45) is 5.92 Å². The summed E-state index contributed by atoms with van der Waals surface area (Å²) in [5.74, 6) is 1.98. The van der Waals surface area contributed by atoms with E-state index in [2.05, 4.69) is 19.6 Å². The largest absolute Gasteiger partial charge is 0.493 e. The van der Waals surface area contributed by atoms with Gasteiger partial charge in [-0.05, 0) is 55.4 Å². The van der Waals surface area contributed by atoms with Crippen molar-refractivity contribution < 1.29 is 14.6 Å². The van der Waals surface area contributed by atoms with Crippen LogP contribution in [0.4, 0.5) is 0 Å². The van der Waals surface area contributed by atoms with E-state index in [-0.39, 0.29) is 0 Å². The third-order valence-corrected chi connectivity index (χ3v) is 4.45. The van der Waals surface area contributed by atoms with Crippen molar-refractivity contribution in [3.8, 4) is 11.5 Å². The van der Waals surface area contributed by atoms with E-state index in [4.69, 9.17) is 9.47 Å². The van der Waals surface area contributed by atoms with Crippen LogP contribution in [-0.4, -0.2) is 25.4 Å². The molecule has 3 heteroatoms. The predicted molar refractivity (Wildman–Crippen MR) is 89.5 cm³/mol. The Labute approximate surface area is 133 Å². The number of methoxy groups -OCH3 is 2. The Hall–Kier alpha value is -1.74. The van der Waals surface area contributed by atoms with Crippen LogP contribution in [0.15, 0.2) is 42.0 Å². The molecule has 0 aliphatic heterocycles. The van der Waals surface area contributed by atoms with Gasteiger partial charge in [-0.15, -0.1) is 0 Å². The first kappa shape index (κ1) is 16.6. The number of aliphatic hydroxyl groups is 1. The van der Waals surface area contributed by atoms with Gasteiger partial charge in [-0.3, -0.25) is 0 Å². The zero-order chi connectivity index (χ0) is 16.1. The molecule has 0 saturated heterocycles.